The van der Waals surface area contributed by atoms with Gasteiger partial charge in [-0.3, -0.25) is 4.79 Å². The summed E-state index contributed by atoms with van der Waals surface area (Å²) in [5, 5.41) is 8.61. The van der Waals surface area contributed by atoms with Gasteiger partial charge in [-0.25, -0.2) is 9.67 Å². The largest absolute Gasteiger partial charge is 0.319 e. The molecule has 0 saturated carbocycles. The average Bonchev–Trinajstić information content (AvgIpc) is 3.17. The minimum absolute atomic E-state index is 0.0656. The highest BCUT2D eigenvalue weighted by molar-refractivity contribution is 6.30. The molecule has 4 rings (SSSR count). The zero-order valence-electron chi connectivity index (χ0n) is 16.4. The molecular formula is C23H18Cl2N4O. The third-order valence-corrected chi connectivity index (χ3v) is 5.13. The molecule has 0 aliphatic rings. The maximum absolute atomic E-state index is 12.9. The zero-order valence-corrected chi connectivity index (χ0v) is 17.9. The van der Waals surface area contributed by atoms with Crippen LogP contribution in [0.15, 0.2) is 66.7 Å². The summed E-state index contributed by atoms with van der Waals surface area (Å²) >= 11 is 12.0. The van der Waals surface area contributed by atoms with Crippen molar-refractivity contribution < 1.29 is 4.79 Å². The molecule has 1 aromatic heterocycles. The number of rotatable bonds is 4. The van der Waals surface area contributed by atoms with Crippen LogP contribution in [-0.4, -0.2) is 20.7 Å². The lowest BCUT2D eigenvalue weighted by Crippen LogP contribution is -2.15. The predicted octanol–water partition coefficient (Wildman–Crippen LogP) is 6.11. The van der Waals surface area contributed by atoms with Crippen LogP contribution in [0.5, 0.6) is 0 Å². The smallest absolute Gasteiger partial charge is 0.295 e. The molecule has 0 atom stereocenters. The van der Waals surface area contributed by atoms with E-state index in [1.54, 1.807) is 28.9 Å². The van der Waals surface area contributed by atoms with Gasteiger partial charge in [-0.05, 0) is 79.6 Å². The number of anilines is 1. The van der Waals surface area contributed by atoms with E-state index in [4.69, 9.17) is 23.2 Å². The van der Waals surface area contributed by atoms with Gasteiger partial charge in [0.15, 0.2) is 5.82 Å². The summed E-state index contributed by atoms with van der Waals surface area (Å²) in [6.45, 7) is 3.91. The number of benzene rings is 3. The highest BCUT2D eigenvalue weighted by atomic mass is 35.5. The molecule has 0 radical (unpaired) electrons. The maximum Gasteiger partial charge on any atom is 0.295 e. The van der Waals surface area contributed by atoms with Crippen molar-refractivity contribution in [1.29, 1.82) is 0 Å². The van der Waals surface area contributed by atoms with Gasteiger partial charge in [-0.2, -0.15) is 0 Å². The van der Waals surface area contributed by atoms with Crippen molar-refractivity contribution in [2.45, 2.75) is 13.8 Å². The first-order valence-electron chi connectivity index (χ1n) is 9.28. The van der Waals surface area contributed by atoms with E-state index in [1.165, 1.54) is 0 Å². The average molecular weight is 437 g/mol. The molecule has 3 aromatic carbocycles. The summed E-state index contributed by atoms with van der Waals surface area (Å²) in [6.07, 6.45) is 0. The fraction of sp³-hybridized carbons (Fsp3) is 0.0870. The third kappa shape index (κ3) is 4.22. The van der Waals surface area contributed by atoms with Crippen LogP contribution in [0.3, 0.4) is 0 Å². The quantitative estimate of drug-likeness (QED) is 0.419. The van der Waals surface area contributed by atoms with E-state index in [0.717, 1.165) is 28.1 Å². The molecule has 0 aliphatic carbocycles. The Balaban J connectivity index is 1.76. The topological polar surface area (TPSA) is 59.8 Å². The first kappa shape index (κ1) is 20.1. The lowest BCUT2D eigenvalue weighted by Gasteiger charge is -2.07. The molecule has 1 amide bonds. The van der Waals surface area contributed by atoms with E-state index in [-0.39, 0.29) is 11.7 Å². The lowest BCUT2D eigenvalue weighted by atomic mass is 10.1. The van der Waals surface area contributed by atoms with Crippen LogP contribution in [0.2, 0.25) is 10.0 Å². The fourth-order valence-corrected chi connectivity index (χ4v) is 3.26. The minimum Gasteiger partial charge on any atom is -0.319 e. The Morgan fingerprint density at radius 1 is 0.900 bits per heavy atom. The van der Waals surface area contributed by atoms with Crippen LogP contribution in [0.25, 0.3) is 17.1 Å². The van der Waals surface area contributed by atoms with Gasteiger partial charge in [0.2, 0.25) is 5.82 Å². The number of nitrogens with one attached hydrogen (secondary N) is 1. The van der Waals surface area contributed by atoms with Crippen LogP contribution in [0.4, 0.5) is 5.69 Å². The molecule has 0 aliphatic heterocycles. The van der Waals surface area contributed by atoms with E-state index >= 15 is 0 Å². The zero-order chi connectivity index (χ0) is 21.3. The highest BCUT2D eigenvalue weighted by Crippen LogP contribution is 2.24. The van der Waals surface area contributed by atoms with Gasteiger partial charge in [0.25, 0.3) is 5.91 Å². The van der Waals surface area contributed by atoms with Crippen molar-refractivity contribution in [3.05, 3.63) is 93.7 Å². The van der Waals surface area contributed by atoms with Crippen molar-refractivity contribution in [2.75, 3.05) is 5.32 Å². The molecule has 0 saturated heterocycles. The summed E-state index contributed by atoms with van der Waals surface area (Å²) < 4.78 is 1.62. The number of carbonyl (C=O) groups excluding carboxylic acids is 1. The normalized spacial score (nSPS) is 10.8. The number of aryl methyl sites for hydroxylation is 2. The van der Waals surface area contributed by atoms with Crippen LogP contribution in [0.1, 0.15) is 21.7 Å². The van der Waals surface area contributed by atoms with Crippen molar-refractivity contribution >= 4 is 34.8 Å². The molecule has 5 nitrogen and oxygen atoms in total. The molecule has 30 heavy (non-hydrogen) atoms. The van der Waals surface area contributed by atoms with Gasteiger partial charge in [0.1, 0.15) is 0 Å². The number of carbonyl (C=O) groups is 1. The van der Waals surface area contributed by atoms with Gasteiger partial charge in [-0.1, -0.05) is 35.3 Å². The van der Waals surface area contributed by atoms with Gasteiger partial charge in [0.05, 0.1) is 5.69 Å². The Kier molecular flexibility index (Phi) is 5.57. The predicted molar refractivity (Wildman–Crippen MR) is 121 cm³/mol. The van der Waals surface area contributed by atoms with E-state index in [2.05, 4.69) is 15.4 Å². The molecule has 150 valence electrons. The highest BCUT2D eigenvalue weighted by Gasteiger charge is 2.19. The molecule has 1 N–H and O–H groups in total. The molecule has 0 fully saturated rings. The van der Waals surface area contributed by atoms with E-state index in [0.29, 0.717) is 15.9 Å². The van der Waals surface area contributed by atoms with E-state index in [9.17, 15) is 4.79 Å². The lowest BCUT2D eigenvalue weighted by molar-refractivity contribution is 0.101. The Labute approximate surface area is 184 Å². The summed E-state index contributed by atoms with van der Waals surface area (Å²) in [4.78, 5) is 17.4. The van der Waals surface area contributed by atoms with Gasteiger partial charge < -0.3 is 5.32 Å². The molecule has 1 heterocycles. The second kappa shape index (κ2) is 8.30. The van der Waals surface area contributed by atoms with Gasteiger partial charge in [0, 0.05) is 21.3 Å². The summed E-state index contributed by atoms with van der Waals surface area (Å²) in [5.74, 6) is 0.211. The Morgan fingerprint density at radius 3 is 2.20 bits per heavy atom. The number of aromatic nitrogens is 3. The minimum atomic E-state index is -0.383. The summed E-state index contributed by atoms with van der Waals surface area (Å²) in [6, 6.07) is 20.3. The Bertz CT molecular complexity index is 1150. The molecule has 4 aromatic rings. The summed E-state index contributed by atoms with van der Waals surface area (Å²) in [5.41, 5.74) is 4.27. The number of hydrogen-bond donors (Lipinski definition) is 1. The Morgan fingerprint density at radius 2 is 1.53 bits per heavy atom. The van der Waals surface area contributed by atoms with E-state index in [1.807, 2.05) is 56.3 Å². The van der Waals surface area contributed by atoms with Crippen LogP contribution >= 0.6 is 23.2 Å². The van der Waals surface area contributed by atoms with Crippen LogP contribution in [0, 0.1) is 13.8 Å². The Hall–Kier alpha value is -3.15. The van der Waals surface area contributed by atoms with E-state index < -0.39 is 0 Å². The molecule has 0 spiro atoms. The summed E-state index contributed by atoms with van der Waals surface area (Å²) in [7, 11) is 0. The molecule has 0 unspecified atom stereocenters. The number of amides is 1. The molecular weight excluding hydrogens is 419 g/mol. The van der Waals surface area contributed by atoms with Crippen molar-refractivity contribution in [3.63, 3.8) is 0 Å². The number of nitrogens with zero attached hydrogens (tertiary/aromatic N) is 3. The number of hydrogen-bond acceptors (Lipinski definition) is 3. The molecule has 7 heteroatoms. The van der Waals surface area contributed by atoms with Crippen LogP contribution in [-0.2, 0) is 0 Å². The standard InChI is InChI=1S/C23H18Cl2N4O/c1-14-3-4-15(2)20(13-14)26-23(30)21-27-22(16-5-7-17(24)8-6-16)29(28-21)19-11-9-18(25)10-12-19/h3-13H,1-2H3,(H,26,30). The first-order valence-corrected chi connectivity index (χ1v) is 10.0. The number of halogens is 2. The maximum atomic E-state index is 12.9. The second-order valence-electron chi connectivity index (χ2n) is 6.93. The second-order valence-corrected chi connectivity index (χ2v) is 7.80. The van der Waals surface area contributed by atoms with Gasteiger partial charge >= 0.3 is 0 Å². The monoisotopic (exact) mass is 436 g/mol. The van der Waals surface area contributed by atoms with Crippen molar-refractivity contribution in [1.82, 2.24) is 14.8 Å². The SMILES string of the molecule is Cc1ccc(C)c(NC(=O)c2nc(-c3ccc(Cl)cc3)n(-c3ccc(Cl)cc3)n2)c1. The van der Waals surface area contributed by atoms with Crippen molar-refractivity contribution in [3.8, 4) is 17.1 Å². The first-order chi connectivity index (χ1) is 14.4. The van der Waals surface area contributed by atoms with Crippen LogP contribution < -0.4 is 5.32 Å². The van der Waals surface area contributed by atoms with Crippen molar-refractivity contribution in [2.24, 2.45) is 0 Å². The third-order valence-electron chi connectivity index (χ3n) is 4.63. The molecule has 0 bridgehead atoms. The fourth-order valence-electron chi connectivity index (χ4n) is 3.01. The van der Waals surface area contributed by atoms with Gasteiger partial charge in [-0.15, -0.1) is 5.10 Å².